The summed E-state index contributed by atoms with van der Waals surface area (Å²) in [7, 11) is 0. The van der Waals surface area contributed by atoms with Crippen LogP contribution >= 0.6 is 0 Å². The molecule has 0 aliphatic carbocycles. The Morgan fingerprint density at radius 1 is 1.53 bits per heavy atom. The van der Waals surface area contributed by atoms with Gasteiger partial charge in [-0.25, -0.2) is 0 Å². The van der Waals surface area contributed by atoms with Gasteiger partial charge in [0.05, 0.1) is 16.7 Å². The second-order valence-corrected chi connectivity index (χ2v) is 3.57. The second-order valence-electron chi connectivity index (χ2n) is 3.57. The van der Waals surface area contributed by atoms with E-state index in [1.165, 1.54) is 24.4 Å². The zero-order chi connectivity index (χ0) is 13.8. The second kappa shape index (κ2) is 5.10. The molecule has 1 heterocycles. The van der Waals surface area contributed by atoms with Crippen molar-refractivity contribution in [1.82, 2.24) is 9.94 Å². The topological polar surface area (TPSA) is 90.4 Å². The molecule has 0 saturated heterocycles. The summed E-state index contributed by atoms with van der Waals surface area (Å²) >= 11 is 0. The molecule has 1 aromatic heterocycles. The predicted molar refractivity (Wildman–Crippen MR) is 64.8 cm³/mol. The first-order chi connectivity index (χ1) is 9.11. The van der Waals surface area contributed by atoms with Crippen LogP contribution in [-0.4, -0.2) is 20.1 Å². The number of nitro benzene ring substituents is 1. The quantitative estimate of drug-likeness (QED) is 0.389. The van der Waals surface area contributed by atoms with Gasteiger partial charge in [0.2, 0.25) is 5.88 Å². The first kappa shape index (κ1) is 12.4. The first-order valence-electron chi connectivity index (χ1n) is 5.22. The highest BCUT2D eigenvalue weighted by atomic mass is 16.6. The van der Waals surface area contributed by atoms with Crippen molar-refractivity contribution in [2.75, 3.05) is 0 Å². The summed E-state index contributed by atoms with van der Waals surface area (Å²) in [4.78, 5) is 11.0. The molecule has 0 fully saturated rings. The Morgan fingerprint density at radius 3 is 2.89 bits per heavy atom. The molecule has 0 amide bonds. The van der Waals surface area contributed by atoms with Gasteiger partial charge in [0.1, 0.15) is 6.61 Å². The number of hydrogen-bond acceptors (Lipinski definition) is 5. The number of ether oxygens (including phenoxy) is 1. The average Bonchev–Trinajstić information content (AvgIpc) is 2.81. The number of nitrogens with zero attached hydrogens (tertiary/aromatic N) is 3. The van der Waals surface area contributed by atoms with Crippen LogP contribution < -0.4 is 4.74 Å². The molecule has 0 spiro atoms. The van der Waals surface area contributed by atoms with Crippen molar-refractivity contribution < 1.29 is 14.9 Å². The third-order valence-corrected chi connectivity index (χ3v) is 2.42. The molecule has 0 atom stereocenters. The number of hydrogen-bond donors (Lipinski definition) is 1. The number of benzene rings is 1. The van der Waals surface area contributed by atoms with Crippen LogP contribution in [0.4, 0.5) is 5.69 Å². The van der Waals surface area contributed by atoms with Crippen molar-refractivity contribution in [2.24, 2.45) is 0 Å². The summed E-state index contributed by atoms with van der Waals surface area (Å²) in [5, 5.41) is 23.5. The number of aromatic nitrogens is 2. The van der Waals surface area contributed by atoms with Gasteiger partial charge in [0, 0.05) is 17.7 Å². The van der Waals surface area contributed by atoms with Crippen LogP contribution in [-0.2, 0) is 6.61 Å². The van der Waals surface area contributed by atoms with Crippen LogP contribution in [0, 0.1) is 22.5 Å². The highest BCUT2D eigenvalue weighted by Crippen LogP contribution is 2.23. The lowest BCUT2D eigenvalue weighted by atomic mass is 10.1. The van der Waals surface area contributed by atoms with Gasteiger partial charge >= 0.3 is 0 Å². The molecule has 0 radical (unpaired) electrons. The van der Waals surface area contributed by atoms with Crippen LogP contribution in [0.25, 0.3) is 0 Å². The molecule has 2 rings (SSSR count). The molecule has 0 aliphatic heterocycles. The van der Waals surface area contributed by atoms with Gasteiger partial charge in [-0.15, -0.1) is 11.3 Å². The fraction of sp³-hybridized carbons (Fsp3) is 0.0833. The summed E-state index contributed by atoms with van der Waals surface area (Å²) in [6, 6.07) is 5.88. The lowest BCUT2D eigenvalue weighted by molar-refractivity contribution is -0.385. The molecular weight excluding hydrogens is 250 g/mol. The van der Waals surface area contributed by atoms with Gasteiger partial charge in [-0.1, -0.05) is 17.1 Å². The number of terminal acetylenes is 1. The van der Waals surface area contributed by atoms with Crippen molar-refractivity contribution in [3.05, 3.63) is 51.7 Å². The van der Waals surface area contributed by atoms with E-state index in [-0.39, 0.29) is 18.2 Å². The Kier molecular flexibility index (Phi) is 3.34. The molecule has 0 bridgehead atoms. The van der Waals surface area contributed by atoms with E-state index in [2.05, 4.69) is 11.0 Å². The van der Waals surface area contributed by atoms with Gasteiger partial charge in [-0.2, -0.15) is 0 Å². The van der Waals surface area contributed by atoms with Gasteiger partial charge in [0.15, 0.2) is 0 Å². The van der Waals surface area contributed by atoms with E-state index < -0.39 is 4.92 Å². The Balaban J connectivity index is 2.28. The molecule has 96 valence electrons. The summed E-state index contributed by atoms with van der Waals surface area (Å²) in [5.74, 6) is 2.52. The van der Waals surface area contributed by atoms with Gasteiger partial charge in [0.25, 0.3) is 5.69 Å². The Morgan fingerprint density at radius 2 is 2.32 bits per heavy atom. The van der Waals surface area contributed by atoms with E-state index in [0.717, 1.165) is 0 Å². The maximum atomic E-state index is 10.9. The molecule has 0 saturated carbocycles. The molecule has 0 aliphatic rings. The Hall–Kier alpha value is -3.01. The zero-order valence-electron chi connectivity index (χ0n) is 9.68. The van der Waals surface area contributed by atoms with Crippen molar-refractivity contribution in [3.63, 3.8) is 0 Å². The van der Waals surface area contributed by atoms with Crippen LogP contribution in [0.15, 0.2) is 30.5 Å². The number of nitro groups is 1. The zero-order valence-corrected chi connectivity index (χ0v) is 9.68. The molecule has 0 unspecified atom stereocenters. The van der Waals surface area contributed by atoms with Crippen LogP contribution in [0.3, 0.4) is 0 Å². The Labute approximate surface area is 108 Å². The maximum Gasteiger partial charge on any atom is 0.277 e. The van der Waals surface area contributed by atoms with E-state index in [9.17, 15) is 10.1 Å². The average molecular weight is 259 g/mol. The maximum absolute atomic E-state index is 10.9. The third-order valence-electron chi connectivity index (χ3n) is 2.42. The van der Waals surface area contributed by atoms with Crippen LogP contribution in [0.5, 0.6) is 5.88 Å². The largest absolute Gasteiger partial charge is 0.471 e. The van der Waals surface area contributed by atoms with Crippen molar-refractivity contribution in [2.45, 2.75) is 6.61 Å². The SMILES string of the molecule is C#Cc1cccc([N+](=O)[O-])c1COc1ccn(O)n1. The number of rotatable bonds is 4. The molecule has 1 aromatic carbocycles. The van der Waals surface area contributed by atoms with E-state index in [1.54, 1.807) is 6.07 Å². The van der Waals surface area contributed by atoms with E-state index in [1.807, 2.05) is 0 Å². The first-order valence-corrected chi connectivity index (χ1v) is 5.22. The minimum atomic E-state index is -0.524. The minimum Gasteiger partial charge on any atom is -0.471 e. The fourth-order valence-electron chi connectivity index (χ4n) is 1.55. The van der Waals surface area contributed by atoms with Crippen molar-refractivity contribution in [3.8, 4) is 18.2 Å². The summed E-state index contributed by atoms with van der Waals surface area (Å²) in [6.45, 7) is -0.103. The van der Waals surface area contributed by atoms with Crippen molar-refractivity contribution >= 4 is 5.69 Å². The molecule has 2 aromatic rings. The van der Waals surface area contributed by atoms with E-state index in [4.69, 9.17) is 16.4 Å². The molecule has 7 heteroatoms. The summed E-state index contributed by atoms with van der Waals surface area (Å²) in [6.07, 6.45) is 6.58. The summed E-state index contributed by atoms with van der Waals surface area (Å²) < 4.78 is 5.25. The standard InChI is InChI=1S/C12H9N3O4/c1-2-9-4-3-5-11(15(17)18)10(9)8-19-12-6-7-14(16)13-12/h1,3-7,16H,8H2. The lowest BCUT2D eigenvalue weighted by Crippen LogP contribution is -2.04. The fourth-order valence-corrected chi connectivity index (χ4v) is 1.55. The molecule has 1 N–H and O–H groups in total. The van der Waals surface area contributed by atoms with Gasteiger partial charge in [-0.3, -0.25) is 10.1 Å². The lowest BCUT2D eigenvalue weighted by Gasteiger charge is -2.06. The Bertz CT molecular complexity index is 657. The minimum absolute atomic E-state index is 0.103. The highest BCUT2D eigenvalue weighted by molar-refractivity contribution is 5.51. The highest BCUT2D eigenvalue weighted by Gasteiger charge is 2.17. The van der Waals surface area contributed by atoms with Crippen LogP contribution in [0.2, 0.25) is 0 Å². The van der Waals surface area contributed by atoms with Crippen LogP contribution in [0.1, 0.15) is 11.1 Å². The molecular formula is C12H9N3O4. The smallest absolute Gasteiger partial charge is 0.277 e. The third kappa shape index (κ3) is 2.63. The molecule has 19 heavy (non-hydrogen) atoms. The van der Waals surface area contributed by atoms with E-state index >= 15 is 0 Å². The predicted octanol–water partition coefficient (Wildman–Crippen LogP) is 1.59. The molecule has 7 nitrogen and oxygen atoms in total. The summed E-state index contributed by atoms with van der Waals surface area (Å²) in [5.41, 5.74) is 0.569. The normalized spacial score (nSPS) is 9.84. The van der Waals surface area contributed by atoms with E-state index in [0.29, 0.717) is 16.0 Å². The van der Waals surface area contributed by atoms with Gasteiger partial charge in [-0.05, 0) is 6.07 Å². The van der Waals surface area contributed by atoms with Crippen molar-refractivity contribution in [1.29, 1.82) is 0 Å². The van der Waals surface area contributed by atoms with Gasteiger partial charge < -0.3 is 9.94 Å². The monoisotopic (exact) mass is 259 g/mol.